The van der Waals surface area contributed by atoms with E-state index in [2.05, 4.69) is 20.1 Å². The van der Waals surface area contributed by atoms with Gasteiger partial charge in [0.05, 0.1) is 0 Å². The number of aromatic nitrogens is 2. The van der Waals surface area contributed by atoms with Crippen LogP contribution in [0, 0.1) is 6.57 Å². The second kappa shape index (κ2) is 4.69. The Hall–Kier alpha value is -2.41. The van der Waals surface area contributed by atoms with Gasteiger partial charge in [-0.2, -0.15) is 0 Å². The van der Waals surface area contributed by atoms with Crippen LogP contribution in [-0.4, -0.2) is 15.6 Å². The summed E-state index contributed by atoms with van der Waals surface area (Å²) >= 11 is 0. The lowest BCUT2D eigenvalue weighted by Gasteiger charge is -2.31. The van der Waals surface area contributed by atoms with E-state index in [-0.39, 0.29) is 5.66 Å². The summed E-state index contributed by atoms with van der Waals surface area (Å²) in [6.07, 6.45) is 8.11. The van der Waals surface area contributed by atoms with Crippen LogP contribution in [0.25, 0.3) is 16.0 Å². The van der Waals surface area contributed by atoms with E-state index in [1.807, 2.05) is 24.3 Å². The highest BCUT2D eigenvalue weighted by atomic mass is 15.1. The maximum absolute atomic E-state index is 7.28. The van der Waals surface area contributed by atoms with E-state index in [4.69, 9.17) is 6.57 Å². The Labute approximate surface area is 112 Å². The van der Waals surface area contributed by atoms with Gasteiger partial charge < -0.3 is 5.32 Å². The standard InChI is InChI=1S/C15H14N4/c1-16-15(7-2-8-15)19-14-5-3-12(4-6-14)13-9-17-11-18-10-13/h3-6,9-11,19H,2,7-8H2. The minimum Gasteiger partial charge on any atom is -0.314 e. The van der Waals surface area contributed by atoms with E-state index < -0.39 is 0 Å². The van der Waals surface area contributed by atoms with Crippen LogP contribution in [0.2, 0.25) is 0 Å². The third kappa shape index (κ3) is 2.27. The molecule has 0 spiro atoms. The molecule has 0 atom stereocenters. The molecule has 1 aromatic carbocycles. The molecule has 3 rings (SSSR count). The largest absolute Gasteiger partial charge is 0.314 e. The number of benzene rings is 1. The smallest absolute Gasteiger partial charge is 0.305 e. The molecule has 1 saturated carbocycles. The summed E-state index contributed by atoms with van der Waals surface area (Å²) in [4.78, 5) is 11.7. The van der Waals surface area contributed by atoms with Crippen LogP contribution < -0.4 is 5.32 Å². The van der Waals surface area contributed by atoms with Gasteiger partial charge >= 0.3 is 5.66 Å². The van der Waals surface area contributed by atoms with Crippen molar-refractivity contribution < 1.29 is 0 Å². The Morgan fingerprint density at radius 2 is 1.74 bits per heavy atom. The van der Waals surface area contributed by atoms with Crippen LogP contribution in [0.4, 0.5) is 5.69 Å². The summed E-state index contributed by atoms with van der Waals surface area (Å²) in [5.74, 6) is 0. The molecule has 4 nitrogen and oxygen atoms in total. The predicted molar refractivity (Wildman–Crippen MR) is 74.3 cm³/mol. The lowest BCUT2D eigenvalue weighted by atomic mass is 9.85. The molecule has 0 radical (unpaired) electrons. The topological polar surface area (TPSA) is 42.2 Å². The van der Waals surface area contributed by atoms with E-state index >= 15 is 0 Å². The summed E-state index contributed by atoms with van der Waals surface area (Å²) in [6.45, 7) is 7.28. The lowest BCUT2D eigenvalue weighted by Crippen LogP contribution is -2.41. The van der Waals surface area contributed by atoms with Crippen molar-refractivity contribution in [2.45, 2.75) is 24.9 Å². The molecule has 2 aromatic rings. The van der Waals surface area contributed by atoms with Crippen molar-refractivity contribution in [3.63, 3.8) is 0 Å². The van der Waals surface area contributed by atoms with Gasteiger partial charge in [-0.3, -0.25) is 4.85 Å². The molecule has 0 unspecified atom stereocenters. The first kappa shape index (κ1) is 11.7. The molecule has 1 aromatic heterocycles. The van der Waals surface area contributed by atoms with Gasteiger partial charge in [0.25, 0.3) is 0 Å². The first-order chi connectivity index (χ1) is 9.31. The molecular formula is C15H14N4. The highest BCUT2D eigenvalue weighted by molar-refractivity contribution is 5.64. The minimum atomic E-state index is -0.364. The van der Waals surface area contributed by atoms with E-state index in [1.54, 1.807) is 12.4 Å². The van der Waals surface area contributed by atoms with Gasteiger partial charge in [0.15, 0.2) is 0 Å². The van der Waals surface area contributed by atoms with Crippen LogP contribution >= 0.6 is 0 Å². The fourth-order valence-corrected chi connectivity index (χ4v) is 2.24. The Kier molecular flexibility index (Phi) is 2.88. The average molecular weight is 250 g/mol. The quantitative estimate of drug-likeness (QED) is 0.849. The van der Waals surface area contributed by atoms with Gasteiger partial charge in [-0.15, -0.1) is 0 Å². The third-order valence-electron chi connectivity index (χ3n) is 3.55. The number of hydrogen-bond donors (Lipinski definition) is 1. The molecule has 1 aliphatic carbocycles. The zero-order valence-corrected chi connectivity index (χ0v) is 10.5. The number of anilines is 1. The molecule has 1 heterocycles. The Bertz CT molecular complexity index is 594. The van der Waals surface area contributed by atoms with E-state index in [0.717, 1.165) is 36.1 Å². The van der Waals surface area contributed by atoms with Gasteiger partial charge in [0, 0.05) is 36.5 Å². The summed E-state index contributed by atoms with van der Waals surface area (Å²) in [7, 11) is 0. The molecule has 0 amide bonds. The van der Waals surface area contributed by atoms with Gasteiger partial charge in [0.2, 0.25) is 0 Å². The first-order valence-electron chi connectivity index (χ1n) is 6.34. The molecule has 4 heteroatoms. The fourth-order valence-electron chi connectivity index (χ4n) is 2.24. The molecule has 1 N–H and O–H groups in total. The predicted octanol–water partition coefficient (Wildman–Crippen LogP) is 3.35. The number of nitrogens with one attached hydrogen (secondary N) is 1. The first-order valence-corrected chi connectivity index (χ1v) is 6.34. The van der Waals surface area contributed by atoms with Gasteiger partial charge in [-0.1, -0.05) is 12.1 Å². The van der Waals surface area contributed by atoms with Crippen molar-refractivity contribution >= 4 is 5.69 Å². The number of hydrogen-bond acceptors (Lipinski definition) is 3. The van der Waals surface area contributed by atoms with Crippen molar-refractivity contribution in [3.8, 4) is 11.1 Å². The van der Waals surface area contributed by atoms with Crippen LogP contribution in [0.1, 0.15) is 19.3 Å². The lowest BCUT2D eigenvalue weighted by molar-refractivity contribution is 0.343. The van der Waals surface area contributed by atoms with Crippen molar-refractivity contribution in [1.29, 1.82) is 0 Å². The van der Waals surface area contributed by atoms with E-state index in [0.29, 0.717) is 0 Å². The third-order valence-corrected chi connectivity index (χ3v) is 3.55. The molecule has 1 fully saturated rings. The van der Waals surface area contributed by atoms with Crippen LogP contribution in [0.3, 0.4) is 0 Å². The minimum absolute atomic E-state index is 0.364. The van der Waals surface area contributed by atoms with E-state index in [9.17, 15) is 0 Å². The average Bonchev–Trinajstić information content (AvgIpc) is 2.45. The van der Waals surface area contributed by atoms with E-state index in [1.165, 1.54) is 6.33 Å². The van der Waals surface area contributed by atoms with Crippen molar-refractivity contribution in [3.05, 3.63) is 54.4 Å². The Morgan fingerprint density at radius 1 is 1.05 bits per heavy atom. The molecular weight excluding hydrogens is 236 g/mol. The number of nitrogens with zero attached hydrogens (tertiary/aromatic N) is 3. The summed E-state index contributed by atoms with van der Waals surface area (Å²) in [6, 6.07) is 8.07. The van der Waals surface area contributed by atoms with Gasteiger partial charge in [-0.25, -0.2) is 16.5 Å². The Balaban J connectivity index is 1.78. The van der Waals surface area contributed by atoms with Crippen molar-refractivity contribution in [2.75, 3.05) is 5.32 Å². The highest BCUT2D eigenvalue weighted by Crippen LogP contribution is 2.36. The maximum Gasteiger partial charge on any atom is 0.305 e. The van der Waals surface area contributed by atoms with Crippen LogP contribution in [0.5, 0.6) is 0 Å². The number of rotatable bonds is 3. The highest BCUT2D eigenvalue weighted by Gasteiger charge is 2.43. The zero-order chi connectivity index (χ0) is 13.1. The van der Waals surface area contributed by atoms with Gasteiger partial charge in [-0.05, 0) is 24.1 Å². The van der Waals surface area contributed by atoms with Crippen molar-refractivity contribution in [2.24, 2.45) is 0 Å². The Morgan fingerprint density at radius 3 is 2.26 bits per heavy atom. The SMILES string of the molecule is [C-]#[N+]C1(Nc2ccc(-c3cncnc3)cc2)CCC1. The second-order valence-corrected chi connectivity index (χ2v) is 4.83. The monoisotopic (exact) mass is 250 g/mol. The summed E-state index contributed by atoms with van der Waals surface area (Å²) < 4.78 is 0. The zero-order valence-electron chi connectivity index (χ0n) is 10.5. The fraction of sp³-hybridized carbons (Fsp3) is 0.267. The van der Waals surface area contributed by atoms with Crippen molar-refractivity contribution in [1.82, 2.24) is 9.97 Å². The normalized spacial score (nSPS) is 16.2. The molecule has 19 heavy (non-hydrogen) atoms. The molecule has 0 saturated heterocycles. The van der Waals surface area contributed by atoms with Crippen LogP contribution in [0.15, 0.2) is 43.0 Å². The molecule has 94 valence electrons. The summed E-state index contributed by atoms with van der Waals surface area (Å²) in [5, 5.41) is 3.33. The molecule has 1 aliphatic rings. The summed E-state index contributed by atoms with van der Waals surface area (Å²) in [5.41, 5.74) is 2.71. The van der Waals surface area contributed by atoms with Gasteiger partial charge in [0.1, 0.15) is 6.33 Å². The second-order valence-electron chi connectivity index (χ2n) is 4.83. The molecule has 0 bridgehead atoms. The molecule has 0 aliphatic heterocycles. The maximum atomic E-state index is 7.28. The van der Waals surface area contributed by atoms with Crippen LogP contribution in [-0.2, 0) is 0 Å².